The maximum atomic E-state index is 6.21. The molecule has 0 amide bonds. The molecule has 0 aliphatic heterocycles. The Morgan fingerprint density at radius 1 is 1.14 bits per heavy atom. The van der Waals surface area contributed by atoms with Crippen LogP contribution in [0.1, 0.15) is 51.4 Å². The summed E-state index contributed by atoms with van der Waals surface area (Å²) < 4.78 is 5.36. The van der Waals surface area contributed by atoms with Crippen LogP contribution in [-0.2, 0) is 11.0 Å². The Kier molecular flexibility index (Phi) is 4.13. The van der Waals surface area contributed by atoms with Gasteiger partial charge >= 0.3 is 0 Å². The minimum atomic E-state index is -0.368. The highest BCUT2D eigenvalue weighted by molar-refractivity contribution is 5.85. The predicted octanol–water partition coefficient (Wildman–Crippen LogP) is 3.79. The molecule has 21 heavy (non-hydrogen) atoms. The van der Waals surface area contributed by atoms with Crippen molar-refractivity contribution >= 4 is 12.4 Å². The van der Waals surface area contributed by atoms with Crippen LogP contribution < -0.4 is 5.73 Å². The van der Waals surface area contributed by atoms with E-state index in [0.29, 0.717) is 11.7 Å². The Labute approximate surface area is 131 Å². The molecule has 0 bridgehead atoms. The van der Waals surface area contributed by atoms with Crippen molar-refractivity contribution in [3.8, 4) is 11.5 Å². The molecule has 1 fully saturated rings. The van der Waals surface area contributed by atoms with E-state index in [4.69, 9.17) is 10.3 Å². The Hall–Kier alpha value is -1.39. The molecule has 1 aromatic heterocycles. The summed E-state index contributed by atoms with van der Waals surface area (Å²) in [5.41, 5.74) is 8.22. The standard InChI is InChI=1S/C16H21N3O.ClH/c1-15(2,3)12-7-5-11(6-8-12)13-18-14(19-20-13)16(17)9-4-10-16;/h5-8H,4,9-10,17H2,1-3H3;1H. The first-order chi connectivity index (χ1) is 9.38. The SMILES string of the molecule is CC(C)(C)c1ccc(-c2nc(C3(N)CCC3)no2)cc1.Cl. The van der Waals surface area contributed by atoms with E-state index in [0.717, 1.165) is 24.8 Å². The van der Waals surface area contributed by atoms with Crippen molar-refractivity contribution in [2.45, 2.75) is 51.0 Å². The number of halogens is 1. The van der Waals surface area contributed by atoms with E-state index >= 15 is 0 Å². The average molecular weight is 308 g/mol. The Morgan fingerprint density at radius 3 is 2.24 bits per heavy atom. The summed E-state index contributed by atoms with van der Waals surface area (Å²) in [6.45, 7) is 6.59. The highest BCUT2D eigenvalue weighted by Gasteiger charge is 2.39. The van der Waals surface area contributed by atoms with Crippen LogP contribution in [0.3, 0.4) is 0 Å². The maximum Gasteiger partial charge on any atom is 0.257 e. The van der Waals surface area contributed by atoms with Gasteiger partial charge in [-0.05, 0) is 42.4 Å². The zero-order chi connectivity index (χ0) is 14.4. The van der Waals surface area contributed by atoms with Crippen molar-refractivity contribution in [1.82, 2.24) is 10.1 Å². The minimum Gasteiger partial charge on any atom is -0.334 e. The van der Waals surface area contributed by atoms with Gasteiger partial charge in [-0.3, -0.25) is 0 Å². The van der Waals surface area contributed by atoms with Crippen molar-refractivity contribution in [2.75, 3.05) is 0 Å². The summed E-state index contributed by atoms with van der Waals surface area (Å²) in [6.07, 6.45) is 3.02. The minimum absolute atomic E-state index is 0. The summed E-state index contributed by atoms with van der Waals surface area (Å²) >= 11 is 0. The zero-order valence-corrected chi connectivity index (χ0v) is 13.5. The summed E-state index contributed by atoms with van der Waals surface area (Å²) in [5, 5.41) is 4.05. The van der Waals surface area contributed by atoms with Crippen LogP contribution in [0.2, 0.25) is 0 Å². The molecule has 1 aromatic carbocycles. The molecule has 0 saturated heterocycles. The summed E-state index contributed by atoms with van der Waals surface area (Å²) in [4.78, 5) is 4.46. The van der Waals surface area contributed by atoms with Crippen LogP contribution in [0, 0.1) is 0 Å². The molecule has 114 valence electrons. The van der Waals surface area contributed by atoms with E-state index in [-0.39, 0.29) is 23.4 Å². The van der Waals surface area contributed by atoms with Crippen molar-refractivity contribution in [1.29, 1.82) is 0 Å². The zero-order valence-electron chi connectivity index (χ0n) is 12.7. The van der Waals surface area contributed by atoms with Crippen LogP contribution >= 0.6 is 12.4 Å². The molecular weight excluding hydrogens is 286 g/mol. The highest BCUT2D eigenvalue weighted by atomic mass is 35.5. The monoisotopic (exact) mass is 307 g/mol. The second-order valence-corrected chi connectivity index (χ2v) is 6.76. The van der Waals surface area contributed by atoms with Gasteiger partial charge in [-0.15, -0.1) is 12.4 Å². The van der Waals surface area contributed by atoms with Gasteiger partial charge in [0.2, 0.25) is 0 Å². The first-order valence-corrected chi connectivity index (χ1v) is 7.12. The number of nitrogens with two attached hydrogens (primary N) is 1. The van der Waals surface area contributed by atoms with Crippen molar-refractivity contribution in [3.63, 3.8) is 0 Å². The smallest absolute Gasteiger partial charge is 0.257 e. The highest BCUT2D eigenvalue weighted by Crippen LogP contribution is 2.37. The van der Waals surface area contributed by atoms with E-state index in [1.54, 1.807) is 0 Å². The van der Waals surface area contributed by atoms with Crippen LogP contribution in [-0.4, -0.2) is 10.1 Å². The average Bonchev–Trinajstić information content (AvgIpc) is 2.85. The first-order valence-electron chi connectivity index (χ1n) is 7.12. The molecular formula is C16H22ClN3O. The van der Waals surface area contributed by atoms with Crippen LogP contribution in [0.5, 0.6) is 0 Å². The number of aromatic nitrogens is 2. The topological polar surface area (TPSA) is 64.9 Å². The Balaban J connectivity index is 0.00000161. The number of hydrogen-bond acceptors (Lipinski definition) is 4. The van der Waals surface area contributed by atoms with E-state index < -0.39 is 0 Å². The summed E-state index contributed by atoms with van der Waals surface area (Å²) in [7, 11) is 0. The number of hydrogen-bond donors (Lipinski definition) is 1. The van der Waals surface area contributed by atoms with Crippen molar-refractivity contribution in [2.24, 2.45) is 5.73 Å². The number of rotatable bonds is 2. The number of benzene rings is 1. The lowest BCUT2D eigenvalue weighted by molar-refractivity contribution is 0.229. The van der Waals surface area contributed by atoms with Gasteiger partial charge in [-0.1, -0.05) is 38.1 Å². The van der Waals surface area contributed by atoms with Gasteiger partial charge in [-0.25, -0.2) is 0 Å². The van der Waals surface area contributed by atoms with E-state index in [9.17, 15) is 0 Å². The summed E-state index contributed by atoms with van der Waals surface area (Å²) in [6, 6.07) is 8.28. The van der Waals surface area contributed by atoms with Crippen LogP contribution in [0.15, 0.2) is 28.8 Å². The lowest BCUT2D eigenvalue weighted by atomic mass is 9.77. The third kappa shape index (κ3) is 2.97. The van der Waals surface area contributed by atoms with E-state index in [2.05, 4.69) is 43.0 Å². The van der Waals surface area contributed by atoms with E-state index in [1.165, 1.54) is 5.56 Å². The third-order valence-corrected chi connectivity index (χ3v) is 4.12. The molecule has 0 radical (unpaired) electrons. The molecule has 1 aliphatic rings. The van der Waals surface area contributed by atoms with Gasteiger partial charge in [0.15, 0.2) is 5.82 Å². The molecule has 0 spiro atoms. The van der Waals surface area contributed by atoms with Crippen molar-refractivity contribution < 1.29 is 4.52 Å². The van der Waals surface area contributed by atoms with Crippen LogP contribution in [0.4, 0.5) is 0 Å². The predicted molar refractivity (Wildman–Crippen MR) is 85.4 cm³/mol. The lowest BCUT2D eigenvalue weighted by Gasteiger charge is -2.34. The van der Waals surface area contributed by atoms with Crippen LogP contribution in [0.25, 0.3) is 11.5 Å². The molecule has 2 aromatic rings. The normalized spacial score (nSPS) is 17.0. The molecule has 2 N–H and O–H groups in total. The van der Waals surface area contributed by atoms with Gasteiger partial charge < -0.3 is 10.3 Å². The van der Waals surface area contributed by atoms with Crippen molar-refractivity contribution in [3.05, 3.63) is 35.7 Å². The van der Waals surface area contributed by atoms with Gasteiger partial charge in [0, 0.05) is 5.56 Å². The largest absolute Gasteiger partial charge is 0.334 e. The van der Waals surface area contributed by atoms with Gasteiger partial charge in [0.1, 0.15) is 0 Å². The quantitative estimate of drug-likeness (QED) is 0.916. The first kappa shape index (κ1) is 16.0. The summed E-state index contributed by atoms with van der Waals surface area (Å²) in [5.74, 6) is 1.19. The fourth-order valence-corrected chi connectivity index (χ4v) is 2.44. The fraction of sp³-hybridized carbons (Fsp3) is 0.500. The Bertz CT molecular complexity index is 609. The third-order valence-electron chi connectivity index (χ3n) is 4.12. The molecule has 5 heteroatoms. The Morgan fingerprint density at radius 2 is 1.76 bits per heavy atom. The molecule has 1 aliphatic carbocycles. The van der Waals surface area contributed by atoms with E-state index in [1.807, 2.05) is 12.1 Å². The maximum absolute atomic E-state index is 6.21. The number of nitrogens with zero attached hydrogens (tertiary/aromatic N) is 2. The molecule has 0 unspecified atom stereocenters. The second-order valence-electron chi connectivity index (χ2n) is 6.76. The molecule has 0 atom stereocenters. The second kappa shape index (κ2) is 5.43. The lowest BCUT2D eigenvalue weighted by Crippen LogP contribution is -2.44. The molecule has 4 nitrogen and oxygen atoms in total. The molecule has 1 saturated carbocycles. The van der Waals surface area contributed by atoms with Gasteiger partial charge in [0.05, 0.1) is 5.54 Å². The fourth-order valence-electron chi connectivity index (χ4n) is 2.44. The van der Waals surface area contributed by atoms with Gasteiger partial charge in [-0.2, -0.15) is 4.98 Å². The molecule has 3 rings (SSSR count). The molecule has 1 heterocycles. The van der Waals surface area contributed by atoms with Gasteiger partial charge in [0.25, 0.3) is 5.89 Å².